The van der Waals surface area contributed by atoms with Gasteiger partial charge in [-0.2, -0.15) is 0 Å². The van der Waals surface area contributed by atoms with Crippen LogP contribution in [0.1, 0.15) is 11.1 Å². The van der Waals surface area contributed by atoms with Crippen LogP contribution >= 0.6 is 0 Å². The Kier molecular flexibility index (Phi) is 6.11. The molecular weight excluding hydrogens is 256 g/mol. The molecule has 20 heavy (non-hydrogen) atoms. The molecule has 5 nitrogen and oxygen atoms in total. The van der Waals surface area contributed by atoms with E-state index in [0.29, 0.717) is 13.0 Å². The molecule has 2 amide bonds. The largest absolute Gasteiger partial charge is 0.480 e. The third-order valence-corrected chi connectivity index (χ3v) is 2.67. The zero-order chi connectivity index (χ0) is 15.0. The number of aliphatic carboxylic acids is 1. The maximum atomic E-state index is 11.8. The molecule has 5 heteroatoms. The van der Waals surface area contributed by atoms with Crippen molar-refractivity contribution in [2.45, 2.75) is 13.3 Å². The average molecular weight is 274 g/mol. The Hall–Kier alpha value is -2.48. The summed E-state index contributed by atoms with van der Waals surface area (Å²) in [5.74, 6) is 1.18. The second-order valence-electron chi connectivity index (χ2n) is 4.42. The van der Waals surface area contributed by atoms with E-state index in [-0.39, 0.29) is 6.54 Å². The lowest BCUT2D eigenvalue weighted by atomic mass is 10.1. The van der Waals surface area contributed by atoms with Crippen molar-refractivity contribution in [1.82, 2.24) is 10.2 Å². The van der Waals surface area contributed by atoms with Crippen LogP contribution in [0.25, 0.3) is 0 Å². The van der Waals surface area contributed by atoms with E-state index < -0.39 is 18.5 Å². The Labute approximate surface area is 118 Å². The van der Waals surface area contributed by atoms with Crippen LogP contribution in [0.4, 0.5) is 4.79 Å². The van der Waals surface area contributed by atoms with Gasteiger partial charge in [0.1, 0.15) is 6.54 Å². The van der Waals surface area contributed by atoms with Gasteiger partial charge in [0.15, 0.2) is 0 Å². The molecule has 0 aliphatic heterocycles. The number of carboxylic acid groups (broad SMARTS) is 1. The normalized spacial score (nSPS) is 9.60. The summed E-state index contributed by atoms with van der Waals surface area (Å²) in [5, 5.41) is 11.4. The number of benzene rings is 1. The minimum absolute atomic E-state index is 0.0252. The van der Waals surface area contributed by atoms with Crippen LogP contribution < -0.4 is 5.32 Å². The third kappa shape index (κ3) is 5.44. The van der Waals surface area contributed by atoms with Crippen LogP contribution in [-0.2, 0) is 11.2 Å². The molecular formula is C15H18N2O3. The molecule has 0 unspecified atom stereocenters. The summed E-state index contributed by atoms with van der Waals surface area (Å²) >= 11 is 0. The molecule has 106 valence electrons. The van der Waals surface area contributed by atoms with E-state index in [0.717, 1.165) is 16.0 Å². The summed E-state index contributed by atoms with van der Waals surface area (Å²) in [6.45, 7) is 2.01. The molecule has 0 saturated carbocycles. The predicted molar refractivity (Wildman–Crippen MR) is 76.3 cm³/mol. The van der Waals surface area contributed by atoms with Crippen molar-refractivity contribution in [1.29, 1.82) is 0 Å². The monoisotopic (exact) mass is 274 g/mol. The van der Waals surface area contributed by atoms with E-state index in [9.17, 15) is 9.59 Å². The summed E-state index contributed by atoms with van der Waals surface area (Å²) in [4.78, 5) is 23.5. The maximum Gasteiger partial charge on any atom is 0.323 e. The van der Waals surface area contributed by atoms with Crippen LogP contribution in [0, 0.1) is 19.3 Å². The second-order valence-corrected chi connectivity index (χ2v) is 4.42. The van der Waals surface area contributed by atoms with Crippen molar-refractivity contribution in [3.63, 3.8) is 0 Å². The zero-order valence-electron chi connectivity index (χ0n) is 11.4. The van der Waals surface area contributed by atoms with E-state index in [4.69, 9.17) is 11.5 Å². The first kappa shape index (κ1) is 15.6. The van der Waals surface area contributed by atoms with E-state index >= 15 is 0 Å². The summed E-state index contributed by atoms with van der Waals surface area (Å²) in [6, 6.07) is 7.53. The molecule has 0 aromatic heterocycles. The highest BCUT2D eigenvalue weighted by Gasteiger charge is 2.14. The van der Waals surface area contributed by atoms with Gasteiger partial charge >= 0.3 is 12.0 Å². The minimum Gasteiger partial charge on any atom is -0.480 e. The van der Waals surface area contributed by atoms with Gasteiger partial charge in [0.25, 0.3) is 0 Å². The number of urea groups is 1. The van der Waals surface area contributed by atoms with Gasteiger partial charge in [-0.05, 0) is 18.9 Å². The topological polar surface area (TPSA) is 69.6 Å². The quantitative estimate of drug-likeness (QED) is 0.767. The summed E-state index contributed by atoms with van der Waals surface area (Å²) < 4.78 is 0. The number of amides is 2. The number of nitrogens with zero attached hydrogens (tertiary/aromatic N) is 1. The first-order valence-corrected chi connectivity index (χ1v) is 6.26. The lowest BCUT2D eigenvalue weighted by molar-refractivity contribution is -0.137. The molecule has 1 aromatic rings. The Balaban J connectivity index is 2.45. The standard InChI is InChI=1S/C15H18N2O3/c1-3-9-17(11-14(18)19)15(20)16-8-7-13-6-4-5-12(2)10-13/h1,4-6,10H,7-9,11H2,2H3,(H,16,20)(H,18,19). The van der Waals surface area contributed by atoms with E-state index in [1.54, 1.807) is 0 Å². The van der Waals surface area contributed by atoms with Crippen molar-refractivity contribution in [3.05, 3.63) is 35.4 Å². The number of carboxylic acids is 1. The molecule has 2 N–H and O–H groups in total. The summed E-state index contributed by atoms with van der Waals surface area (Å²) in [5.41, 5.74) is 2.28. The Bertz CT molecular complexity index is 520. The Morgan fingerprint density at radius 1 is 1.45 bits per heavy atom. The van der Waals surface area contributed by atoms with Crippen molar-refractivity contribution in [3.8, 4) is 12.3 Å². The molecule has 0 spiro atoms. The first-order chi connectivity index (χ1) is 9.52. The van der Waals surface area contributed by atoms with Gasteiger partial charge in [0.05, 0.1) is 6.54 Å². The van der Waals surface area contributed by atoms with Crippen molar-refractivity contribution in [2.75, 3.05) is 19.6 Å². The zero-order valence-corrected chi connectivity index (χ0v) is 11.4. The lowest BCUT2D eigenvalue weighted by Crippen LogP contribution is -2.43. The number of hydrogen-bond acceptors (Lipinski definition) is 2. The van der Waals surface area contributed by atoms with Crippen LogP contribution in [0.2, 0.25) is 0 Å². The fraction of sp³-hybridized carbons (Fsp3) is 0.333. The third-order valence-electron chi connectivity index (χ3n) is 2.67. The lowest BCUT2D eigenvalue weighted by Gasteiger charge is -2.18. The van der Waals surface area contributed by atoms with Gasteiger partial charge in [-0.3, -0.25) is 4.79 Å². The van der Waals surface area contributed by atoms with Crippen molar-refractivity contribution < 1.29 is 14.7 Å². The highest BCUT2D eigenvalue weighted by Crippen LogP contribution is 2.04. The van der Waals surface area contributed by atoms with Gasteiger partial charge in [-0.25, -0.2) is 4.79 Å². The smallest absolute Gasteiger partial charge is 0.323 e. The van der Waals surface area contributed by atoms with Crippen molar-refractivity contribution in [2.24, 2.45) is 0 Å². The molecule has 0 radical (unpaired) electrons. The summed E-state index contributed by atoms with van der Waals surface area (Å²) in [6.07, 6.45) is 5.80. The van der Waals surface area contributed by atoms with Gasteiger partial charge in [0.2, 0.25) is 0 Å². The Morgan fingerprint density at radius 3 is 2.80 bits per heavy atom. The van der Waals surface area contributed by atoms with Gasteiger partial charge in [-0.15, -0.1) is 6.42 Å². The van der Waals surface area contributed by atoms with Gasteiger partial charge < -0.3 is 15.3 Å². The number of nitrogens with one attached hydrogen (secondary N) is 1. The SMILES string of the molecule is C#CCN(CC(=O)O)C(=O)NCCc1cccc(C)c1. The summed E-state index contributed by atoms with van der Waals surface area (Å²) in [7, 11) is 0. The van der Waals surface area contributed by atoms with Crippen molar-refractivity contribution >= 4 is 12.0 Å². The molecule has 0 aliphatic rings. The molecule has 0 aliphatic carbocycles. The molecule has 0 saturated heterocycles. The molecule has 0 fully saturated rings. The van der Waals surface area contributed by atoms with E-state index in [1.807, 2.05) is 31.2 Å². The van der Waals surface area contributed by atoms with Gasteiger partial charge in [0, 0.05) is 6.54 Å². The first-order valence-electron chi connectivity index (χ1n) is 6.26. The number of carbonyl (C=O) groups is 2. The highest BCUT2D eigenvalue weighted by atomic mass is 16.4. The Morgan fingerprint density at radius 2 is 2.20 bits per heavy atom. The van der Waals surface area contributed by atoms with E-state index in [1.165, 1.54) is 0 Å². The predicted octanol–water partition coefficient (Wildman–Crippen LogP) is 1.27. The molecule has 1 aromatic carbocycles. The van der Waals surface area contributed by atoms with Crippen LogP contribution in [0.15, 0.2) is 24.3 Å². The molecule has 0 bridgehead atoms. The fourth-order valence-corrected chi connectivity index (χ4v) is 1.77. The average Bonchev–Trinajstić information content (AvgIpc) is 2.37. The maximum absolute atomic E-state index is 11.8. The number of terminal acetylenes is 1. The van der Waals surface area contributed by atoms with E-state index in [2.05, 4.69) is 11.2 Å². The molecule has 0 heterocycles. The number of rotatable bonds is 6. The number of aryl methyl sites for hydroxylation is 1. The van der Waals surface area contributed by atoms with Crippen LogP contribution in [-0.4, -0.2) is 41.6 Å². The molecule has 1 rings (SSSR count). The second kappa shape index (κ2) is 7.85. The minimum atomic E-state index is -1.09. The van der Waals surface area contributed by atoms with Crippen LogP contribution in [0.3, 0.4) is 0 Å². The molecule has 0 atom stereocenters. The number of carbonyl (C=O) groups excluding carboxylic acids is 1. The highest BCUT2D eigenvalue weighted by molar-refractivity contribution is 5.80. The fourth-order valence-electron chi connectivity index (χ4n) is 1.77. The van der Waals surface area contributed by atoms with Gasteiger partial charge in [-0.1, -0.05) is 35.7 Å². The van der Waals surface area contributed by atoms with Crippen LogP contribution in [0.5, 0.6) is 0 Å². The number of hydrogen-bond donors (Lipinski definition) is 2.